The minimum absolute atomic E-state index is 0.0232. The summed E-state index contributed by atoms with van der Waals surface area (Å²) in [5.74, 6) is 0.753. The molecule has 1 saturated heterocycles. The van der Waals surface area contributed by atoms with E-state index in [4.69, 9.17) is 16.3 Å². The molecule has 0 radical (unpaired) electrons. The molecular weight excluding hydrogens is 351 g/mol. The lowest BCUT2D eigenvalue weighted by molar-refractivity contribution is 0.0501. The summed E-state index contributed by atoms with van der Waals surface area (Å²) >= 11 is 8.37. The van der Waals surface area contributed by atoms with E-state index in [1.54, 1.807) is 0 Å². The Morgan fingerprint density at radius 1 is 1.41 bits per heavy atom. The van der Waals surface area contributed by atoms with Crippen molar-refractivity contribution in [3.8, 4) is 0 Å². The van der Waals surface area contributed by atoms with Gasteiger partial charge in [-0.1, -0.05) is 24.9 Å². The van der Waals surface area contributed by atoms with Crippen LogP contribution in [0.1, 0.15) is 50.7 Å². The first kappa shape index (κ1) is 13.5. The zero-order valence-corrected chi connectivity index (χ0v) is 13.0. The number of aryl methyl sites for hydroxylation is 1. The first-order valence-corrected chi connectivity index (χ1v) is 7.44. The predicted octanol–water partition coefficient (Wildman–Crippen LogP) is 3.93. The van der Waals surface area contributed by atoms with Crippen LogP contribution in [0.4, 0.5) is 0 Å². The van der Waals surface area contributed by atoms with Crippen LogP contribution in [0.15, 0.2) is 0 Å². The van der Waals surface area contributed by atoms with Crippen LogP contribution in [-0.2, 0) is 11.2 Å². The second-order valence-corrected chi connectivity index (χ2v) is 5.83. The van der Waals surface area contributed by atoms with Crippen LogP contribution in [0.2, 0.25) is 5.15 Å². The van der Waals surface area contributed by atoms with E-state index in [1.165, 1.54) is 0 Å². The number of nitrogens with zero attached hydrogens (tertiary/aromatic N) is 2. The minimum atomic E-state index is 0.0232. The van der Waals surface area contributed by atoms with Gasteiger partial charge in [-0.2, -0.15) is 0 Å². The van der Waals surface area contributed by atoms with Crippen LogP contribution in [0.3, 0.4) is 0 Å². The van der Waals surface area contributed by atoms with Gasteiger partial charge in [-0.15, -0.1) is 0 Å². The van der Waals surface area contributed by atoms with Crippen LogP contribution in [0.5, 0.6) is 0 Å². The Morgan fingerprint density at radius 3 is 2.76 bits per heavy atom. The first-order valence-electron chi connectivity index (χ1n) is 5.99. The molecule has 3 nitrogen and oxygen atoms in total. The van der Waals surface area contributed by atoms with Crippen LogP contribution >= 0.6 is 34.2 Å². The van der Waals surface area contributed by atoms with Crippen molar-refractivity contribution in [3.05, 3.63) is 20.2 Å². The smallest absolute Gasteiger partial charge is 0.159 e. The van der Waals surface area contributed by atoms with Gasteiger partial charge in [0.25, 0.3) is 0 Å². The molecule has 2 rings (SSSR count). The quantitative estimate of drug-likeness (QED) is 0.600. The third-order valence-electron chi connectivity index (χ3n) is 2.90. The van der Waals surface area contributed by atoms with Gasteiger partial charge in [-0.3, -0.25) is 0 Å². The normalized spacial score (nSPS) is 24.2. The number of aromatic nitrogens is 2. The molecule has 0 N–H and O–H groups in total. The zero-order chi connectivity index (χ0) is 12.4. The van der Waals surface area contributed by atoms with Crippen LogP contribution in [0, 0.1) is 3.57 Å². The molecule has 0 bridgehead atoms. The number of halogens is 2. The monoisotopic (exact) mass is 366 g/mol. The second kappa shape index (κ2) is 5.80. The Balaban J connectivity index is 2.28. The number of hydrogen-bond acceptors (Lipinski definition) is 3. The maximum absolute atomic E-state index is 6.16. The zero-order valence-electron chi connectivity index (χ0n) is 10.0. The molecule has 1 aliphatic heterocycles. The fraction of sp³-hybridized carbons (Fsp3) is 0.667. The molecule has 94 valence electrons. The molecule has 1 aromatic rings. The van der Waals surface area contributed by atoms with Crippen molar-refractivity contribution in [3.63, 3.8) is 0 Å². The average Bonchev–Trinajstić information content (AvgIpc) is 2.71. The lowest BCUT2D eigenvalue weighted by Gasteiger charge is -2.12. The molecule has 1 aromatic heterocycles. The van der Waals surface area contributed by atoms with Gasteiger partial charge in [-0.25, -0.2) is 9.97 Å². The van der Waals surface area contributed by atoms with E-state index < -0.39 is 0 Å². The van der Waals surface area contributed by atoms with Crippen molar-refractivity contribution in [1.29, 1.82) is 0 Å². The van der Waals surface area contributed by atoms with Gasteiger partial charge in [0, 0.05) is 0 Å². The highest BCUT2D eigenvalue weighted by molar-refractivity contribution is 14.1. The summed E-state index contributed by atoms with van der Waals surface area (Å²) in [7, 11) is 0. The second-order valence-electron chi connectivity index (χ2n) is 4.40. The van der Waals surface area contributed by atoms with E-state index in [2.05, 4.69) is 46.4 Å². The van der Waals surface area contributed by atoms with Gasteiger partial charge in [0.15, 0.2) is 5.82 Å². The molecule has 0 saturated carbocycles. The predicted molar refractivity (Wildman–Crippen MR) is 76.3 cm³/mol. The summed E-state index contributed by atoms with van der Waals surface area (Å²) in [6.07, 6.45) is 4.39. The van der Waals surface area contributed by atoms with Crippen LogP contribution in [0.25, 0.3) is 0 Å². The van der Waals surface area contributed by atoms with Gasteiger partial charge in [0.05, 0.1) is 15.4 Å². The number of ether oxygens (including phenoxy) is 1. The highest BCUT2D eigenvalue weighted by Gasteiger charge is 2.26. The fourth-order valence-corrected chi connectivity index (χ4v) is 2.73. The topological polar surface area (TPSA) is 35.0 Å². The number of hydrogen-bond donors (Lipinski definition) is 0. The van der Waals surface area contributed by atoms with Gasteiger partial charge < -0.3 is 4.74 Å². The van der Waals surface area contributed by atoms with Crippen molar-refractivity contribution in [2.75, 3.05) is 0 Å². The van der Waals surface area contributed by atoms with E-state index in [0.29, 0.717) is 11.3 Å². The third kappa shape index (κ3) is 3.09. The van der Waals surface area contributed by atoms with Crippen molar-refractivity contribution in [1.82, 2.24) is 9.97 Å². The third-order valence-corrected chi connectivity index (χ3v) is 4.63. The fourth-order valence-electron chi connectivity index (χ4n) is 2.02. The Bertz CT molecular complexity index is 414. The molecule has 0 aliphatic carbocycles. The molecule has 5 heteroatoms. The van der Waals surface area contributed by atoms with E-state index in [1.807, 2.05) is 0 Å². The molecule has 0 amide bonds. The summed E-state index contributed by atoms with van der Waals surface area (Å²) in [4.78, 5) is 8.97. The average molecular weight is 367 g/mol. The highest BCUT2D eigenvalue weighted by atomic mass is 127. The largest absolute Gasteiger partial charge is 0.367 e. The van der Waals surface area contributed by atoms with Crippen molar-refractivity contribution < 1.29 is 4.74 Å². The Morgan fingerprint density at radius 2 is 2.18 bits per heavy atom. The van der Waals surface area contributed by atoms with Crippen molar-refractivity contribution in [2.45, 2.75) is 51.7 Å². The summed E-state index contributed by atoms with van der Waals surface area (Å²) in [5, 5.41) is 0.558. The Labute approximate surface area is 120 Å². The van der Waals surface area contributed by atoms with E-state index >= 15 is 0 Å². The Hall–Kier alpha value is 0.0600. The first-order chi connectivity index (χ1) is 8.11. The van der Waals surface area contributed by atoms with E-state index in [9.17, 15) is 0 Å². The number of rotatable bonds is 3. The van der Waals surface area contributed by atoms with Crippen LogP contribution in [-0.4, -0.2) is 16.1 Å². The van der Waals surface area contributed by atoms with Crippen molar-refractivity contribution in [2.24, 2.45) is 0 Å². The molecule has 0 aromatic carbocycles. The maximum Gasteiger partial charge on any atom is 0.159 e. The van der Waals surface area contributed by atoms with Gasteiger partial charge in [0.1, 0.15) is 11.3 Å². The molecular formula is C12H16ClIN2O. The van der Waals surface area contributed by atoms with E-state index in [0.717, 1.165) is 40.8 Å². The summed E-state index contributed by atoms with van der Waals surface area (Å²) in [6.45, 7) is 4.22. The SMILES string of the molecule is CCCc1nc(C2CCC(C)O2)nc(Cl)c1I. The molecule has 1 fully saturated rings. The minimum Gasteiger partial charge on any atom is -0.367 e. The molecule has 2 unspecified atom stereocenters. The molecule has 2 heterocycles. The molecule has 0 spiro atoms. The summed E-state index contributed by atoms with van der Waals surface area (Å²) in [6, 6.07) is 0. The summed E-state index contributed by atoms with van der Waals surface area (Å²) < 4.78 is 6.76. The molecule has 2 atom stereocenters. The molecule has 1 aliphatic rings. The standard InChI is InChI=1S/C12H16ClIN2O/c1-3-4-8-10(14)11(13)16-12(15-8)9-6-5-7(2)17-9/h7,9H,3-6H2,1-2H3. The van der Waals surface area contributed by atoms with E-state index in [-0.39, 0.29) is 6.10 Å². The van der Waals surface area contributed by atoms with Gasteiger partial charge >= 0.3 is 0 Å². The Kier molecular flexibility index (Phi) is 4.60. The van der Waals surface area contributed by atoms with Gasteiger partial charge in [-0.05, 0) is 48.8 Å². The highest BCUT2D eigenvalue weighted by Crippen LogP contribution is 2.32. The van der Waals surface area contributed by atoms with Crippen molar-refractivity contribution >= 4 is 34.2 Å². The molecule has 17 heavy (non-hydrogen) atoms. The summed E-state index contributed by atoms with van der Waals surface area (Å²) in [5.41, 5.74) is 1.05. The maximum atomic E-state index is 6.16. The van der Waals surface area contributed by atoms with Gasteiger partial charge in [0.2, 0.25) is 0 Å². The van der Waals surface area contributed by atoms with Crippen LogP contribution < -0.4 is 0 Å². The lowest BCUT2D eigenvalue weighted by Crippen LogP contribution is -2.09. The lowest BCUT2D eigenvalue weighted by atomic mass is 10.2.